The van der Waals surface area contributed by atoms with Crippen LogP contribution in [-0.2, 0) is 19.6 Å². The summed E-state index contributed by atoms with van der Waals surface area (Å²) in [6, 6.07) is 0. The van der Waals surface area contributed by atoms with Crippen molar-refractivity contribution in [2.75, 3.05) is 23.8 Å². The van der Waals surface area contributed by atoms with E-state index in [2.05, 4.69) is 32.0 Å². The van der Waals surface area contributed by atoms with Gasteiger partial charge in [0.1, 0.15) is 0 Å². The van der Waals surface area contributed by atoms with Gasteiger partial charge >= 0.3 is 5.97 Å². The maximum Gasteiger partial charge on any atom is 0.305 e. The van der Waals surface area contributed by atoms with Gasteiger partial charge in [-0.2, -0.15) is 0 Å². The van der Waals surface area contributed by atoms with Crippen LogP contribution < -0.4 is 4.72 Å². The number of nitrogens with one attached hydrogen (secondary N) is 1. The molecule has 15 heavy (non-hydrogen) atoms. The van der Waals surface area contributed by atoms with Crippen LogP contribution in [0.1, 0.15) is 19.3 Å². The monoisotopic (exact) mass is 349 g/mol. The van der Waals surface area contributed by atoms with Crippen molar-refractivity contribution in [2.45, 2.75) is 19.3 Å². The first-order chi connectivity index (χ1) is 7.02. The summed E-state index contributed by atoms with van der Waals surface area (Å²) in [5.41, 5.74) is 0. The van der Waals surface area contributed by atoms with Crippen molar-refractivity contribution in [3.8, 4) is 0 Å². The molecule has 0 spiro atoms. The molecule has 0 radical (unpaired) electrons. The lowest BCUT2D eigenvalue weighted by Crippen LogP contribution is -2.27. The highest BCUT2D eigenvalue weighted by Gasteiger charge is 2.10. The van der Waals surface area contributed by atoms with E-state index in [1.807, 2.05) is 0 Å². The molecule has 1 N–H and O–H groups in total. The van der Waals surface area contributed by atoms with Gasteiger partial charge in [-0.25, -0.2) is 13.1 Å². The molecule has 0 saturated heterocycles. The number of methoxy groups -OCH3 is 1. The summed E-state index contributed by atoms with van der Waals surface area (Å²) in [7, 11) is -1.93. The smallest absolute Gasteiger partial charge is 0.305 e. The molecule has 0 unspecified atom stereocenters. The summed E-state index contributed by atoms with van der Waals surface area (Å²) >= 11 is 2.19. The van der Waals surface area contributed by atoms with E-state index in [-0.39, 0.29) is 18.1 Å². The van der Waals surface area contributed by atoms with Crippen molar-refractivity contribution in [2.24, 2.45) is 0 Å². The highest BCUT2D eigenvalue weighted by Crippen LogP contribution is 1.97. The fourth-order valence-corrected chi connectivity index (χ4v) is 2.38. The lowest BCUT2D eigenvalue weighted by molar-refractivity contribution is -0.140. The number of rotatable bonds is 8. The van der Waals surface area contributed by atoms with Gasteiger partial charge in [-0.15, -0.1) is 0 Å². The molecule has 0 aliphatic carbocycles. The largest absolute Gasteiger partial charge is 0.469 e. The maximum atomic E-state index is 11.3. The zero-order valence-corrected chi connectivity index (χ0v) is 11.6. The first-order valence-electron chi connectivity index (χ1n) is 4.62. The highest BCUT2D eigenvalue weighted by atomic mass is 127. The number of hydrogen-bond donors (Lipinski definition) is 1. The van der Waals surface area contributed by atoms with Crippen LogP contribution >= 0.6 is 22.6 Å². The molecule has 0 atom stereocenters. The minimum Gasteiger partial charge on any atom is -0.469 e. The molecule has 0 bridgehead atoms. The first-order valence-corrected chi connectivity index (χ1v) is 7.79. The summed E-state index contributed by atoms with van der Waals surface area (Å²) in [5.74, 6) is -0.402. The zero-order valence-electron chi connectivity index (χ0n) is 8.66. The lowest BCUT2D eigenvalue weighted by Gasteiger charge is -2.04. The van der Waals surface area contributed by atoms with Crippen molar-refractivity contribution in [3.05, 3.63) is 0 Å². The highest BCUT2D eigenvalue weighted by molar-refractivity contribution is 14.1. The van der Waals surface area contributed by atoms with Gasteiger partial charge < -0.3 is 4.74 Å². The van der Waals surface area contributed by atoms with E-state index in [1.54, 1.807) is 0 Å². The second kappa shape index (κ2) is 8.28. The predicted molar refractivity (Wildman–Crippen MR) is 66.5 cm³/mol. The maximum absolute atomic E-state index is 11.3. The van der Waals surface area contributed by atoms with Gasteiger partial charge in [0.05, 0.1) is 12.9 Å². The molecule has 0 aliphatic heterocycles. The van der Waals surface area contributed by atoms with Crippen LogP contribution in [0.2, 0.25) is 0 Å². The van der Waals surface area contributed by atoms with Crippen molar-refractivity contribution in [1.82, 2.24) is 4.72 Å². The van der Waals surface area contributed by atoms with Gasteiger partial charge in [-0.1, -0.05) is 22.6 Å². The molecule has 0 amide bonds. The summed E-state index contributed by atoms with van der Waals surface area (Å²) in [6.45, 7) is 0.462. The van der Waals surface area contributed by atoms with E-state index in [9.17, 15) is 13.2 Å². The molecular weight excluding hydrogens is 333 g/mol. The van der Waals surface area contributed by atoms with Crippen LogP contribution in [0.4, 0.5) is 0 Å². The Morgan fingerprint density at radius 3 is 2.60 bits per heavy atom. The Balaban J connectivity index is 3.70. The number of carbonyl (C=O) groups excluding carboxylic acids is 1. The Morgan fingerprint density at radius 1 is 1.40 bits per heavy atom. The molecule has 7 heteroatoms. The van der Waals surface area contributed by atoms with Crippen molar-refractivity contribution in [3.63, 3.8) is 0 Å². The molecular formula is C8H16INO4S. The molecule has 0 aromatic rings. The summed E-state index contributed by atoms with van der Waals surface area (Å²) < 4.78 is 30.4. The SMILES string of the molecule is COC(=O)CCCS(=O)(=O)NCCCI. The summed E-state index contributed by atoms with van der Waals surface area (Å²) in [4.78, 5) is 10.7. The molecule has 0 aliphatic rings. The Labute approximate surface area is 104 Å². The molecule has 0 fully saturated rings. The third-order valence-electron chi connectivity index (χ3n) is 1.65. The standard InChI is InChI=1S/C8H16INO4S/c1-14-8(11)4-2-7-15(12,13)10-6-3-5-9/h10H,2-7H2,1H3. The van der Waals surface area contributed by atoms with Crippen LogP contribution in [0.3, 0.4) is 0 Å². The van der Waals surface area contributed by atoms with Gasteiger partial charge in [0.15, 0.2) is 0 Å². The van der Waals surface area contributed by atoms with Gasteiger partial charge in [0.2, 0.25) is 10.0 Å². The van der Waals surface area contributed by atoms with Gasteiger partial charge in [-0.05, 0) is 12.8 Å². The fraction of sp³-hybridized carbons (Fsp3) is 0.875. The second-order valence-corrected chi connectivity index (χ2v) is 5.94. The Kier molecular flexibility index (Phi) is 8.34. The topological polar surface area (TPSA) is 72.5 Å². The van der Waals surface area contributed by atoms with Crippen LogP contribution in [-0.4, -0.2) is 38.2 Å². The van der Waals surface area contributed by atoms with Crippen LogP contribution in [0.25, 0.3) is 0 Å². The van der Waals surface area contributed by atoms with Crippen molar-refractivity contribution < 1.29 is 17.9 Å². The van der Waals surface area contributed by atoms with E-state index in [1.165, 1.54) is 7.11 Å². The summed E-state index contributed by atoms with van der Waals surface area (Å²) in [6.07, 6.45) is 1.26. The fourth-order valence-electron chi connectivity index (χ4n) is 0.875. The number of halogens is 1. The van der Waals surface area contributed by atoms with E-state index < -0.39 is 10.0 Å². The van der Waals surface area contributed by atoms with Gasteiger partial charge in [0, 0.05) is 17.4 Å². The van der Waals surface area contributed by atoms with Crippen molar-refractivity contribution in [1.29, 1.82) is 0 Å². The minimum absolute atomic E-state index is 0.0245. The third kappa shape index (κ3) is 9.06. The average molecular weight is 349 g/mol. The molecule has 0 aromatic heterocycles. The average Bonchev–Trinajstić information content (AvgIpc) is 2.17. The number of hydrogen-bond acceptors (Lipinski definition) is 4. The predicted octanol–water partition coefficient (Wildman–Crippen LogP) is 0.684. The lowest BCUT2D eigenvalue weighted by atomic mass is 10.3. The number of carbonyl (C=O) groups is 1. The van der Waals surface area contributed by atoms with Crippen LogP contribution in [0, 0.1) is 0 Å². The Bertz CT molecular complexity index is 278. The van der Waals surface area contributed by atoms with Gasteiger partial charge in [-0.3, -0.25) is 4.79 Å². The van der Waals surface area contributed by atoms with E-state index >= 15 is 0 Å². The van der Waals surface area contributed by atoms with Crippen LogP contribution in [0.15, 0.2) is 0 Å². The number of ether oxygens (including phenoxy) is 1. The van der Waals surface area contributed by atoms with Gasteiger partial charge in [0.25, 0.3) is 0 Å². The molecule has 5 nitrogen and oxygen atoms in total. The van der Waals surface area contributed by atoms with E-state index in [0.717, 1.165) is 10.8 Å². The molecule has 0 heterocycles. The Hall–Kier alpha value is 0.110. The molecule has 0 aromatic carbocycles. The quantitative estimate of drug-likeness (QED) is 0.303. The molecule has 0 rings (SSSR count). The summed E-state index contributed by atoms with van der Waals surface area (Å²) in [5, 5.41) is 0. The van der Waals surface area contributed by atoms with Crippen LogP contribution in [0.5, 0.6) is 0 Å². The number of sulfonamides is 1. The molecule has 90 valence electrons. The number of alkyl halides is 1. The second-order valence-electron chi connectivity index (χ2n) is 2.94. The minimum atomic E-state index is -3.22. The first kappa shape index (κ1) is 15.1. The third-order valence-corrected chi connectivity index (χ3v) is 3.89. The zero-order chi connectivity index (χ0) is 11.7. The normalized spacial score (nSPS) is 11.3. The Morgan fingerprint density at radius 2 is 2.07 bits per heavy atom. The van der Waals surface area contributed by atoms with E-state index in [0.29, 0.717) is 13.0 Å². The van der Waals surface area contributed by atoms with E-state index in [4.69, 9.17) is 0 Å². The molecule has 0 saturated carbocycles. The number of esters is 1. The van der Waals surface area contributed by atoms with Crippen molar-refractivity contribution >= 4 is 38.6 Å².